The van der Waals surface area contributed by atoms with E-state index in [1.807, 2.05) is 0 Å². The van der Waals surface area contributed by atoms with E-state index < -0.39 is 12.0 Å². The molecule has 0 radical (unpaired) electrons. The third kappa shape index (κ3) is 3.96. The Kier molecular flexibility index (Phi) is 4.78. The van der Waals surface area contributed by atoms with Crippen molar-refractivity contribution in [2.45, 2.75) is 0 Å². The van der Waals surface area contributed by atoms with E-state index in [9.17, 15) is 9.59 Å². The largest absolute Gasteiger partial charge is 0.465 e. The van der Waals surface area contributed by atoms with Crippen molar-refractivity contribution in [1.29, 1.82) is 0 Å². The fraction of sp³-hybridized carbons (Fsp3) is 0.154. The van der Waals surface area contributed by atoms with Gasteiger partial charge in [-0.15, -0.1) is 0 Å². The first kappa shape index (κ1) is 14.9. The Bertz CT molecular complexity index is 656. The zero-order valence-electron chi connectivity index (χ0n) is 10.8. The summed E-state index contributed by atoms with van der Waals surface area (Å²) in [6.45, 7) is 0.248. The molecule has 0 aliphatic rings. The fourth-order valence-corrected chi connectivity index (χ4v) is 1.86. The highest BCUT2D eigenvalue weighted by Crippen LogP contribution is 2.25. The van der Waals surface area contributed by atoms with Crippen molar-refractivity contribution in [3.63, 3.8) is 0 Å². The Labute approximate surface area is 124 Å². The second kappa shape index (κ2) is 6.76. The molecular weight excluding hydrogens is 298 g/mol. The van der Waals surface area contributed by atoms with Crippen LogP contribution in [0.2, 0.25) is 5.02 Å². The fourth-order valence-electron chi connectivity index (χ4n) is 1.67. The maximum absolute atomic E-state index is 12.0. The molecule has 2 aromatic rings. The van der Waals surface area contributed by atoms with Gasteiger partial charge in [0.05, 0.1) is 0 Å². The van der Waals surface area contributed by atoms with Crippen molar-refractivity contribution < 1.29 is 19.1 Å². The average molecular weight is 310 g/mol. The van der Waals surface area contributed by atoms with Crippen molar-refractivity contribution in [2.75, 3.05) is 13.1 Å². The number of carbonyl (C=O) groups excluding carboxylic acids is 1. The van der Waals surface area contributed by atoms with Crippen molar-refractivity contribution in [2.24, 2.45) is 0 Å². The van der Waals surface area contributed by atoms with Crippen LogP contribution in [0, 0.1) is 0 Å². The Hall–Kier alpha value is -2.54. The zero-order chi connectivity index (χ0) is 15.2. The molecule has 0 aliphatic carbocycles. The van der Waals surface area contributed by atoms with Gasteiger partial charge in [0.2, 0.25) is 0 Å². The Morgan fingerprint density at radius 3 is 2.76 bits per heavy atom. The standard InChI is InChI=1S/C13H12ClN3O4/c14-9-3-1-2-8(6-9)11-10(17-7-21-11)12(18)15-4-5-16-13(19)20/h1-3,6-7,16H,4-5H2,(H,15,18)(H,19,20). The van der Waals surface area contributed by atoms with E-state index in [0.717, 1.165) is 0 Å². The molecule has 1 heterocycles. The van der Waals surface area contributed by atoms with Crippen molar-refractivity contribution in [3.05, 3.63) is 41.4 Å². The monoisotopic (exact) mass is 309 g/mol. The molecule has 1 aromatic heterocycles. The highest BCUT2D eigenvalue weighted by atomic mass is 35.5. The highest BCUT2D eigenvalue weighted by Gasteiger charge is 2.18. The first-order valence-corrected chi connectivity index (χ1v) is 6.40. The predicted octanol–water partition coefficient (Wildman–Crippen LogP) is 1.99. The van der Waals surface area contributed by atoms with E-state index in [2.05, 4.69) is 15.6 Å². The van der Waals surface area contributed by atoms with Crippen LogP contribution in [0.4, 0.5) is 4.79 Å². The summed E-state index contributed by atoms with van der Waals surface area (Å²) in [4.78, 5) is 26.1. The van der Waals surface area contributed by atoms with Crippen LogP contribution in [-0.2, 0) is 0 Å². The summed E-state index contributed by atoms with van der Waals surface area (Å²) in [5.41, 5.74) is 0.751. The number of carboxylic acid groups (broad SMARTS) is 1. The van der Waals surface area contributed by atoms with Crippen molar-refractivity contribution >= 4 is 23.6 Å². The predicted molar refractivity (Wildman–Crippen MR) is 75.3 cm³/mol. The maximum Gasteiger partial charge on any atom is 0.404 e. The van der Waals surface area contributed by atoms with E-state index in [1.54, 1.807) is 24.3 Å². The first-order chi connectivity index (χ1) is 10.1. The number of rotatable bonds is 5. The number of benzene rings is 1. The topological polar surface area (TPSA) is 104 Å². The van der Waals surface area contributed by atoms with Crippen molar-refractivity contribution in [1.82, 2.24) is 15.6 Å². The molecule has 0 spiro atoms. The SMILES string of the molecule is O=C(O)NCCNC(=O)c1ncoc1-c1cccc(Cl)c1. The van der Waals surface area contributed by atoms with Gasteiger partial charge >= 0.3 is 6.09 Å². The van der Waals surface area contributed by atoms with E-state index >= 15 is 0 Å². The second-order valence-electron chi connectivity index (χ2n) is 4.03. The third-order valence-electron chi connectivity index (χ3n) is 2.56. The molecule has 7 nitrogen and oxygen atoms in total. The lowest BCUT2D eigenvalue weighted by molar-refractivity contribution is 0.0949. The molecule has 0 bridgehead atoms. The minimum absolute atomic E-state index is 0.103. The lowest BCUT2D eigenvalue weighted by atomic mass is 10.1. The molecule has 110 valence electrons. The Balaban J connectivity index is 2.06. The number of amides is 2. The molecule has 21 heavy (non-hydrogen) atoms. The molecule has 2 amide bonds. The van der Waals surface area contributed by atoms with E-state index in [-0.39, 0.29) is 18.8 Å². The molecule has 0 aliphatic heterocycles. The van der Waals surface area contributed by atoms with Gasteiger partial charge in [-0.2, -0.15) is 0 Å². The quantitative estimate of drug-likeness (QED) is 0.733. The van der Waals surface area contributed by atoms with Gasteiger partial charge in [0, 0.05) is 23.7 Å². The molecule has 0 atom stereocenters. The van der Waals surface area contributed by atoms with Gasteiger partial charge in [0.1, 0.15) is 0 Å². The van der Waals surface area contributed by atoms with E-state index in [0.29, 0.717) is 16.3 Å². The number of carbonyl (C=O) groups is 2. The maximum atomic E-state index is 12.0. The van der Waals surface area contributed by atoms with Gasteiger partial charge in [-0.05, 0) is 12.1 Å². The number of nitrogens with zero attached hydrogens (tertiary/aromatic N) is 1. The van der Waals surface area contributed by atoms with E-state index in [4.69, 9.17) is 21.1 Å². The lowest BCUT2D eigenvalue weighted by Gasteiger charge is -2.05. The molecular formula is C13H12ClN3O4. The van der Waals surface area contributed by atoms with Crippen LogP contribution in [0.25, 0.3) is 11.3 Å². The van der Waals surface area contributed by atoms with Crippen LogP contribution in [0.5, 0.6) is 0 Å². The third-order valence-corrected chi connectivity index (χ3v) is 2.79. The minimum atomic E-state index is -1.15. The smallest absolute Gasteiger partial charge is 0.404 e. The molecule has 0 saturated heterocycles. The van der Waals surface area contributed by atoms with Crippen molar-refractivity contribution in [3.8, 4) is 11.3 Å². The average Bonchev–Trinajstić information content (AvgIpc) is 2.92. The zero-order valence-corrected chi connectivity index (χ0v) is 11.6. The van der Waals surface area contributed by atoms with Crippen LogP contribution in [0.15, 0.2) is 35.1 Å². The molecule has 1 aromatic carbocycles. The Morgan fingerprint density at radius 2 is 2.05 bits per heavy atom. The lowest BCUT2D eigenvalue weighted by Crippen LogP contribution is -2.34. The summed E-state index contributed by atoms with van der Waals surface area (Å²) >= 11 is 5.90. The summed E-state index contributed by atoms with van der Waals surface area (Å²) < 4.78 is 5.23. The van der Waals surface area contributed by atoms with Gasteiger partial charge in [0.15, 0.2) is 17.8 Å². The number of oxazole rings is 1. The number of halogens is 1. The summed E-state index contributed by atoms with van der Waals surface area (Å²) in [6, 6.07) is 6.84. The summed E-state index contributed by atoms with van der Waals surface area (Å²) in [7, 11) is 0. The minimum Gasteiger partial charge on any atom is -0.465 e. The summed E-state index contributed by atoms with van der Waals surface area (Å²) in [5.74, 6) is -0.146. The number of nitrogens with one attached hydrogen (secondary N) is 2. The van der Waals surface area contributed by atoms with Gasteiger partial charge < -0.3 is 20.2 Å². The molecule has 2 rings (SSSR count). The molecule has 3 N–H and O–H groups in total. The Morgan fingerprint density at radius 1 is 1.29 bits per heavy atom. The van der Waals surface area contributed by atoms with Crippen LogP contribution >= 0.6 is 11.6 Å². The van der Waals surface area contributed by atoms with Gasteiger partial charge in [0.25, 0.3) is 5.91 Å². The molecule has 8 heteroatoms. The molecule has 0 saturated carbocycles. The van der Waals surface area contributed by atoms with E-state index in [1.165, 1.54) is 6.39 Å². The molecule has 0 unspecified atom stereocenters. The molecule has 0 fully saturated rings. The van der Waals surface area contributed by atoms with Gasteiger partial charge in [-0.3, -0.25) is 4.79 Å². The van der Waals surface area contributed by atoms with Crippen LogP contribution in [0.3, 0.4) is 0 Å². The summed E-state index contributed by atoms with van der Waals surface area (Å²) in [6.07, 6.45) is 0.0194. The number of hydrogen-bond donors (Lipinski definition) is 3. The van der Waals surface area contributed by atoms with Crippen LogP contribution in [-0.4, -0.2) is 35.2 Å². The van der Waals surface area contributed by atoms with Gasteiger partial charge in [-0.1, -0.05) is 23.7 Å². The normalized spacial score (nSPS) is 10.1. The summed E-state index contributed by atoms with van der Waals surface area (Å²) in [5, 5.41) is 13.6. The number of hydrogen-bond acceptors (Lipinski definition) is 4. The second-order valence-corrected chi connectivity index (χ2v) is 4.46. The van der Waals surface area contributed by atoms with Crippen LogP contribution < -0.4 is 10.6 Å². The first-order valence-electron chi connectivity index (χ1n) is 6.02. The van der Waals surface area contributed by atoms with Crippen LogP contribution in [0.1, 0.15) is 10.5 Å². The van der Waals surface area contributed by atoms with Gasteiger partial charge in [-0.25, -0.2) is 9.78 Å². The highest BCUT2D eigenvalue weighted by molar-refractivity contribution is 6.30. The number of aromatic nitrogens is 1.